The quantitative estimate of drug-likeness (QED) is 0.583. The number of hydrogen-bond donors (Lipinski definition) is 2. The van der Waals surface area contributed by atoms with Gasteiger partial charge in [-0.3, -0.25) is 0 Å². The zero-order valence-corrected chi connectivity index (χ0v) is 14.9. The molecule has 1 heterocycles. The number of nitrogens with one attached hydrogen (secondary N) is 1. The molecule has 2 rings (SSSR count). The molecule has 0 saturated carbocycles. The summed E-state index contributed by atoms with van der Waals surface area (Å²) in [5.41, 5.74) is 1.17. The maximum atomic E-state index is 10.9. The molecule has 0 amide bonds. The average Bonchev–Trinajstić information content (AvgIpc) is 3.03. The Bertz CT molecular complexity index is 607. The van der Waals surface area contributed by atoms with E-state index in [1.807, 2.05) is 12.1 Å². The summed E-state index contributed by atoms with van der Waals surface area (Å²) in [6.45, 7) is 3.95. The summed E-state index contributed by atoms with van der Waals surface area (Å²) in [6.07, 6.45) is 6.39. The molecule has 0 saturated heterocycles. The predicted molar refractivity (Wildman–Crippen MR) is 98.8 cm³/mol. The van der Waals surface area contributed by atoms with E-state index in [0.717, 1.165) is 30.2 Å². The third kappa shape index (κ3) is 6.38. The van der Waals surface area contributed by atoms with Crippen LogP contribution in [0, 0.1) is 0 Å². The van der Waals surface area contributed by atoms with E-state index in [9.17, 15) is 4.79 Å². The van der Waals surface area contributed by atoms with Gasteiger partial charge in [-0.25, -0.2) is 4.79 Å². The topological polar surface area (TPSA) is 62.5 Å². The van der Waals surface area contributed by atoms with Crippen LogP contribution in [0.1, 0.15) is 55.1 Å². The minimum Gasteiger partial charge on any atom is -0.478 e. The molecule has 5 heteroatoms. The molecule has 0 aliphatic carbocycles. The standard InChI is InChI=1S/C19H25NO3.ClH/c1-2-3-4-5-6-13-20-14-17-11-12-18(23-17)15-7-9-16(10-8-15)19(21)22;/h7-12,20H,2-6,13-14H2,1H3,(H,21,22);1H. The monoisotopic (exact) mass is 351 g/mol. The van der Waals surface area contributed by atoms with Crippen LogP contribution in [0.2, 0.25) is 0 Å². The largest absolute Gasteiger partial charge is 0.478 e. The first-order chi connectivity index (χ1) is 11.2. The Hall–Kier alpha value is -1.78. The summed E-state index contributed by atoms with van der Waals surface area (Å²) in [5, 5.41) is 12.3. The SMILES string of the molecule is CCCCCCCNCc1ccc(-c2ccc(C(=O)O)cc2)o1.Cl. The molecule has 1 aromatic heterocycles. The Morgan fingerprint density at radius 1 is 1.04 bits per heavy atom. The van der Waals surface area contributed by atoms with Crippen molar-refractivity contribution >= 4 is 18.4 Å². The highest BCUT2D eigenvalue weighted by Gasteiger charge is 2.07. The number of carboxylic acids is 1. The number of unbranched alkanes of at least 4 members (excludes halogenated alkanes) is 4. The van der Waals surface area contributed by atoms with Crippen LogP contribution in [-0.4, -0.2) is 17.6 Å². The molecule has 0 aliphatic heterocycles. The lowest BCUT2D eigenvalue weighted by Crippen LogP contribution is -2.14. The molecule has 0 aliphatic rings. The molecular formula is C19H26ClNO3. The molecule has 0 bridgehead atoms. The van der Waals surface area contributed by atoms with Crippen LogP contribution in [0.5, 0.6) is 0 Å². The first-order valence-corrected chi connectivity index (χ1v) is 8.34. The second-order valence-electron chi connectivity index (χ2n) is 5.74. The molecule has 0 fully saturated rings. The van der Waals surface area contributed by atoms with Gasteiger partial charge in [0.25, 0.3) is 0 Å². The Kier molecular flexibility index (Phi) is 9.20. The molecule has 0 spiro atoms. The van der Waals surface area contributed by atoms with E-state index < -0.39 is 5.97 Å². The van der Waals surface area contributed by atoms with Crippen molar-refractivity contribution in [1.82, 2.24) is 5.32 Å². The minimum absolute atomic E-state index is 0. The second kappa shape index (κ2) is 10.9. The highest BCUT2D eigenvalue weighted by atomic mass is 35.5. The summed E-state index contributed by atoms with van der Waals surface area (Å²) in [7, 11) is 0. The van der Waals surface area contributed by atoms with E-state index in [-0.39, 0.29) is 18.0 Å². The van der Waals surface area contributed by atoms with Crippen molar-refractivity contribution in [2.45, 2.75) is 45.6 Å². The molecule has 24 heavy (non-hydrogen) atoms. The molecule has 2 aromatic rings. The molecule has 2 N–H and O–H groups in total. The van der Waals surface area contributed by atoms with Gasteiger partial charge in [-0.1, -0.05) is 44.7 Å². The van der Waals surface area contributed by atoms with Crippen molar-refractivity contribution in [2.75, 3.05) is 6.54 Å². The Morgan fingerprint density at radius 3 is 2.42 bits per heavy atom. The van der Waals surface area contributed by atoms with Gasteiger partial charge in [-0.05, 0) is 37.2 Å². The summed E-state index contributed by atoms with van der Waals surface area (Å²) in [4.78, 5) is 10.9. The molecule has 0 radical (unpaired) electrons. The molecular weight excluding hydrogens is 326 g/mol. The summed E-state index contributed by atoms with van der Waals surface area (Å²) in [6, 6.07) is 10.6. The van der Waals surface area contributed by atoms with Gasteiger partial charge in [0.2, 0.25) is 0 Å². The Labute approximate surface area is 149 Å². The van der Waals surface area contributed by atoms with Gasteiger partial charge in [0.1, 0.15) is 11.5 Å². The van der Waals surface area contributed by atoms with E-state index in [1.54, 1.807) is 24.3 Å². The van der Waals surface area contributed by atoms with Gasteiger partial charge < -0.3 is 14.8 Å². The predicted octanol–water partition coefficient (Wildman–Crippen LogP) is 5.13. The van der Waals surface area contributed by atoms with Crippen molar-refractivity contribution < 1.29 is 14.3 Å². The van der Waals surface area contributed by atoms with E-state index in [0.29, 0.717) is 0 Å². The van der Waals surface area contributed by atoms with Gasteiger partial charge in [0.05, 0.1) is 12.1 Å². The minimum atomic E-state index is -0.917. The van der Waals surface area contributed by atoms with Crippen LogP contribution < -0.4 is 5.32 Å². The normalized spacial score (nSPS) is 10.4. The molecule has 0 atom stereocenters. The number of carbonyl (C=O) groups is 1. The third-order valence-corrected chi connectivity index (χ3v) is 3.83. The lowest BCUT2D eigenvalue weighted by Gasteiger charge is -2.03. The average molecular weight is 352 g/mol. The van der Waals surface area contributed by atoms with Crippen LogP contribution in [-0.2, 0) is 6.54 Å². The van der Waals surface area contributed by atoms with Crippen molar-refractivity contribution in [2.24, 2.45) is 0 Å². The molecule has 4 nitrogen and oxygen atoms in total. The molecule has 0 unspecified atom stereocenters. The fourth-order valence-electron chi connectivity index (χ4n) is 2.47. The number of aromatic carboxylic acids is 1. The maximum Gasteiger partial charge on any atom is 0.335 e. The van der Waals surface area contributed by atoms with E-state index in [1.165, 1.54) is 32.1 Å². The number of hydrogen-bond acceptors (Lipinski definition) is 3. The summed E-state index contributed by atoms with van der Waals surface area (Å²) < 4.78 is 5.81. The zero-order chi connectivity index (χ0) is 16.5. The number of halogens is 1. The van der Waals surface area contributed by atoms with Crippen LogP contribution in [0.25, 0.3) is 11.3 Å². The van der Waals surface area contributed by atoms with E-state index in [4.69, 9.17) is 9.52 Å². The van der Waals surface area contributed by atoms with E-state index in [2.05, 4.69) is 12.2 Å². The highest BCUT2D eigenvalue weighted by Crippen LogP contribution is 2.22. The smallest absolute Gasteiger partial charge is 0.335 e. The number of rotatable bonds is 10. The van der Waals surface area contributed by atoms with Crippen molar-refractivity contribution in [3.63, 3.8) is 0 Å². The lowest BCUT2D eigenvalue weighted by atomic mass is 10.1. The van der Waals surface area contributed by atoms with Crippen molar-refractivity contribution in [3.05, 3.63) is 47.7 Å². The third-order valence-electron chi connectivity index (χ3n) is 3.83. The maximum absolute atomic E-state index is 10.9. The second-order valence-corrected chi connectivity index (χ2v) is 5.74. The molecule has 132 valence electrons. The number of benzene rings is 1. The fraction of sp³-hybridized carbons (Fsp3) is 0.421. The first-order valence-electron chi connectivity index (χ1n) is 8.34. The van der Waals surface area contributed by atoms with Gasteiger partial charge in [-0.2, -0.15) is 0 Å². The molecule has 1 aromatic carbocycles. The fourth-order valence-corrected chi connectivity index (χ4v) is 2.47. The van der Waals surface area contributed by atoms with Crippen LogP contribution in [0.4, 0.5) is 0 Å². The Morgan fingerprint density at radius 2 is 1.75 bits per heavy atom. The first kappa shape index (κ1) is 20.3. The number of carboxylic acid groups (broad SMARTS) is 1. The Balaban J connectivity index is 0.00000288. The van der Waals surface area contributed by atoms with Crippen LogP contribution in [0.15, 0.2) is 40.8 Å². The summed E-state index contributed by atoms with van der Waals surface area (Å²) in [5.74, 6) is 0.748. The van der Waals surface area contributed by atoms with Crippen molar-refractivity contribution in [3.8, 4) is 11.3 Å². The zero-order valence-electron chi connectivity index (χ0n) is 14.1. The van der Waals surface area contributed by atoms with Gasteiger partial charge >= 0.3 is 5.97 Å². The number of furan rings is 1. The van der Waals surface area contributed by atoms with Crippen molar-refractivity contribution in [1.29, 1.82) is 0 Å². The van der Waals surface area contributed by atoms with Gasteiger partial charge in [0.15, 0.2) is 0 Å². The van der Waals surface area contributed by atoms with Crippen LogP contribution in [0.3, 0.4) is 0 Å². The summed E-state index contributed by atoms with van der Waals surface area (Å²) >= 11 is 0. The highest BCUT2D eigenvalue weighted by molar-refractivity contribution is 5.88. The van der Waals surface area contributed by atoms with Gasteiger partial charge in [-0.15, -0.1) is 12.4 Å². The van der Waals surface area contributed by atoms with Gasteiger partial charge in [0, 0.05) is 5.56 Å². The lowest BCUT2D eigenvalue weighted by molar-refractivity contribution is 0.0697. The van der Waals surface area contributed by atoms with Crippen LogP contribution >= 0.6 is 12.4 Å². The van der Waals surface area contributed by atoms with E-state index >= 15 is 0 Å².